The molecule has 3 aromatic rings. The lowest BCUT2D eigenvalue weighted by atomic mass is 9.86. The molecule has 0 aliphatic carbocycles. The first-order valence-electron chi connectivity index (χ1n) is 11.1. The number of benzene rings is 2. The van der Waals surface area contributed by atoms with Crippen molar-refractivity contribution in [2.45, 2.75) is 51.7 Å². The van der Waals surface area contributed by atoms with Crippen LogP contribution in [0.1, 0.15) is 55.6 Å². The molecule has 2 heterocycles. The Kier molecular flexibility index (Phi) is 6.10. The van der Waals surface area contributed by atoms with E-state index >= 15 is 0 Å². The Balaban J connectivity index is 1.70. The Morgan fingerprint density at radius 2 is 1.65 bits per heavy atom. The van der Waals surface area contributed by atoms with E-state index in [0.29, 0.717) is 0 Å². The molecule has 1 aliphatic rings. The summed E-state index contributed by atoms with van der Waals surface area (Å²) in [5.41, 5.74) is 5.45. The predicted molar refractivity (Wildman–Crippen MR) is 126 cm³/mol. The minimum absolute atomic E-state index is 0.166. The third-order valence-corrected chi connectivity index (χ3v) is 6.28. The second kappa shape index (κ2) is 8.80. The highest BCUT2D eigenvalue weighted by Gasteiger charge is 2.28. The normalized spacial score (nSPS) is 17.1. The summed E-state index contributed by atoms with van der Waals surface area (Å²) in [5.74, 6) is 1.54. The number of hydrogen-bond acceptors (Lipinski definition) is 3. The molecule has 31 heavy (non-hydrogen) atoms. The maximum absolute atomic E-state index is 5.62. The van der Waals surface area contributed by atoms with Crippen LogP contribution in [0.5, 0.6) is 11.5 Å². The molecular formula is C27H34N2O2. The number of hydrogen-bond donors (Lipinski definition) is 0. The molecule has 0 radical (unpaired) electrons. The van der Waals surface area contributed by atoms with Crippen LogP contribution in [0.3, 0.4) is 0 Å². The largest absolute Gasteiger partial charge is 0.493 e. The molecule has 4 rings (SSSR count). The molecule has 0 spiro atoms. The molecule has 4 heteroatoms. The van der Waals surface area contributed by atoms with Gasteiger partial charge in [0.2, 0.25) is 0 Å². The fourth-order valence-corrected chi connectivity index (χ4v) is 4.56. The molecule has 4 nitrogen and oxygen atoms in total. The van der Waals surface area contributed by atoms with Crippen LogP contribution < -0.4 is 9.47 Å². The first kappa shape index (κ1) is 21.5. The Morgan fingerprint density at radius 1 is 0.903 bits per heavy atom. The van der Waals surface area contributed by atoms with Gasteiger partial charge in [-0.3, -0.25) is 4.90 Å². The van der Waals surface area contributed by atoms with Gasteiger partial charge >= 0.3 is 0 Å². The van der Waals surface area contributed by atoms with Crippen molar-refractivity contribution in [3.05, 3.63) is 83.2 Å². The summed E-state index contributed by atoms with van der Waals surface area (Å²) < 4.78 is 13.5. The Bertz CT molecular complexity index is 1010. The Hall–Kier alpha value is -2.72. The SMILES string of the molecule is COc1ccc([C@H]2c3cccn3CCCN2Cc2ccc(C(C)(C)C)cc2)cc1OC. The fraction of sp³-hybridized carbons (Fsp3) is 0.407. The molecule has 0 amide bonds. The predicted octanol–water partition coefficient (Wildman–Crippen LogP) is 5.80. The number of aromatic nitrogens is 1. The van der Waals surface area contributed by atoms with Gasteiger partial charge < -0.3 is 14.0 Å². The van der Waals surface area contributed by atoms with Gasteiger partial charge in [0.1, 0.15) is 0 Å². The van der Waals surface area contributed by atoms with Crippen LogP contribution in [0.25, 0.3) is 0 Å². The lowest BCUT2D eigenvalue weighted by Crippen LogP contribution is -2.29. The number of aryl methyl sites for hydroxylation is 1. The van der Waals surface area contributed by atoms with E-state index in [2.05, 4.69) is 85.0 Å². The number of ether oxygens (including phenoxy) is 2. The lowest BCUT2D eigenvalue weighted by molar-refractivity contribution is 0.220. The van der Waals surface area contributed by atoms with E-state index in [1.54, 1.807) is 14.2 Å². The van der Waals surface area contributed by atoms with Crippen molar-refractivity contribution in [2.75, 3.05) is 20.8 Å². The van der Waals surface area contributed by atoms with E-state index in [0.717, 1.165) is 37.6 Å². The van der Waals surface area contributed by atoms with Gasteiger partial charge in [-0.2, -0.15) is 0 Å². The molecular weight excluding hydrogens is 384 g/mol. The van der Waals surface area contributed by atoms with Gasteiger partial charge in [-0.1, -0.05) is 51.1 Å². The van der Waals surface area contributed by atoms with Gasteiger partial charge in [0.15, 0.2) is 11.5 Å². The third kappa shape index (κ3) is 4.49. The topological polar surface area (TPSA) is 26.6 Å². The van der Waals surface area contributed by atoms with Crippen molar-refractivity contribution in [1.29, 1.82) is 0 Å². The number of rotatable bonds is 5. The van der Waals surface area contributed by atoms with Crippen molar-refractivity contribution in [3.8, 4) is 11.5 Å². The van der Waals surface area contributed by atoms with Crippen molar-refractivity contribution < 1.29 is 9.47 Å². The number of methoxy groups -OCH3 is 2. The highest BCUT2D eigenvalue weighted by atomic mass is 16.5. The zero-order valence-corrected chi connectivity index (χ0v) is 19.4. The Morgan fingerprint density at radius 3 is 2.32 bits per heavy atom. The standard InChI is InChI=1S/C27H34N2O2/c1-27(2,3)22-12-9-20(10-13-22)19-29-17-7-16-28-15-6-8-23(28)26(29)21-11-14-24(30-4)25(18-21)31-5/h6,8-15,18,26H,7,16-17,19H2,1-5H3/t26-/m0/s1. The van der Waals surface area contributed by atoms with E-state index in [1.807, 2.05) is 6.07 Å². The minimum atomic E-state index is 0.166. The van der Waals surface area contributed by atoms with Crippen LogP contribution in [-0.4, -0.2) is 30.2 Å². The van der Waals surface area contributed by atoms with Gasteiger partial charge in [0.05, 0.1) is 20.3 Å². The van der Waals surface area contributed by atoms with Gasteiger partial charge in [-0.15, -0.1) is 0 Å². The van der Waals surface area contributed by atoms with Gasteiger partial charge in [0.25, 0.3) is 0 Å². The van der Waals surface area contributed by atoms with Crippen LogP contribution in [0.15, 0.2) is 60.8 Å². The summed E-state index contributed by atoms with van der Waals surface area (Å²) in [4.78, 5) is 2.59. The minimum Gasteiger partial charge on any atom is -0.493 e. The molecule has 0 N–H and O–H groups in total. The van der Waals surface area contributed by atoms with Gasteiger partial charge in [0, 0.05) is 31.5 Å². The molecule has 0 fully saturated rings. The summed E-state index contributed by atoms with van der Waals surface area (Å²) in [6.45, 7) is 9.79. The van der Waals surface area contributed by atoms with Crippen molar-refractivity contribution in [2.24, 2.45) is 0 Å². The highest BCUT2D eigenvalue weighted by Crippen LogP contribution is 2.37. The van der Waals surface area contributed by atoms with Crippen LogP contribution in [0.2, 0.25) is 0 Å². The van der Waals surface area contributed by atoms with Crippen molar-refractivity contribution in [1.82, 2.24) is 9.47 Å². The second-order valence-electron chi connectivity index (χ2n) is 9.41. The quantitative estimate of drug-likeness (QED) is 0.524. The van der Waals surface area contributed by atoms with Gasteiger partial charge in [-0.25, -0.2) is 0 Å². The maximum atomic E-state index is 5.62. The van der Waals surface area contributed by atoms with Crippen LogP contribution in [0, 0.1) is 0 Å². The summed E-state index contributed by atoms with van der Waals surface area (Å²) in [6.07, 6.45) is 3.33. The van der Waals surface area contributed by atoms with Crippen LogP contribution >= 0.6 is 0 Å². The first-order valence-corrected chi connectivity index (χ1v) is 11.1. The highest BCUT2D eigenvalue weighted by molar-refractivity contribution is 5.45. The van der Waals surface area contributed by atoms with Gasteiger partial charge in [-0.05, 0) is 52.8 Å². The molecule has 1 aliphatic heterocycles. The van der Waals surface area contributed by atoms with Crippen molar-refractivity contribution >= 4 is 0 Å². The zero-order chi connectivity index (χ0) is 22.0. The Labute approximate surface area is 186 Å². The summed E-state index contributed by atoms with van der Waals surface area (Å²) in [5, 5.41) is 0. The van der Waals surface area contributed by atoms with E-state index in [1.165, 1.54) is 22.4 Å². The van der Waals surface area contributed by atoms with E-state index in [9.17, 15) is 0 Å². The summed E-state index contributed by atoms with van der Waals surface area (Å²) in [7, 11) is 3.38. The summed E-state index contributed by atoms with van der Waals surface area (Å²) >= 11 is 0. The van der Waals surface area contributed by atoms with Crippen LogP contribution in [-0.2, 0) is 18.5 Å². The third-order valence-electron chi connectivity index (χ3n) is 6.28. The van der Waals surface area contributed by atoms with Crippen LogP contribution in [0.4, 0.5) is 0 Å². The fourth-order valence-electron chi connectivity index (χ4n) is 4.56. The molecule has 0 saturated heterocycles. The molecule has 164 valence electrons. The number of fused-ring (bicyclic) bond motifs is 1. The lowest BCUT2D eigenvalue weighted by Gasteiger charge is -2.31. The molecule has 0 saturated carbocycles. The zero-order valence-electron chi connectivity index (χ0n) is 19.4. The molecule has 1 aromatic heterocycles. The first-order chi connectivity index (χ1) is 14.9. The molecule has 2 aromatic carbocycles. The van der Waals surface area contributed by atoms with E-state index in [4.69, 9.17) is 9.47 Å². The van der Waals surface area contributed by atoms with E-state index < -0.39 is 0 Å². The molecule has 0 unspecified atom stereocenters. The smallest absolute Gasteiger partial charge is 0.161 e. The summed E-state index contributed by atoms with van der Waals surface area (Å²) in [6, 6.07) is 20.0. The maximum Gasteiger partial charge on any atom is 0.161 e. The average Bonchev–Trinajstić information content (AvgIpc) is 3.14. The van der Waals surface area contributed by atoms with Crippen molar-refractivity contribution in [3.63, 3.8) is 0 Å². The monoisotopic (exact) mass is 418 g/mol. The second-order valence-corrected chi connectivity index (χ2v) is 9.41. The van der Waals surface area contributed by atoms with E-state index in [-0.39, 0.29) is 11.5 Å². The molecule has 0 bridgehead atoms. The molecule has 1 atom stereocenters. The average molecular weight is 419 g/mol. The number of nitrogens with zero attached hydrogens (tertiary/aromatic N) is 2.